The molecular weight excluding hydrogens is 359 g/mol. The number of carbonyl (C=O) groups is 1. The number of aryl methyl sites for hydroxylation is 1. The predicted molar refractivity (Wildman–Crippen MR) is 89.6 cm³/mol. The first kappa shape index (κ1) is 17.7. The molecule has 0 aliphatic carbocycles. The average molecular weight is 379 g/mol. The van der Waals surface area contributed by atoms with Gasteiger partial charge >= 0.3 is 142 Å². The van der Waals surface area contributed by atoms with E-state index >= 15 is 0 Å². The van der Waals surface area contributed by atoms with Crippen LogP contribution in [0.2, 0.25) is 0 Å². The molecule has 0 aliphatic heterocycles. The van der Waals surface area contributed by atoms with Crippen LogP contribution in [0.1, 0.15) is 27.0 Å². The Balaban J connectivity index is 1.55. The van der Waals surface area contributed by atoms with Crippen molar-refractivity contribution in [2.24, 2.45) is 0 Å². The number of ether oxygens (including phenoxy) is 2. The zero-order valence-corrected chi connectivity index (χ0v) is 14.7. The molecule has 0 amide bonds. The topological polar surface area (TPSA) is 55.8 Å². The van der Waals surface area contributed by atoms with E-state index in [1.54, 1.807) is 24.3 Å². The van der Waals surface area contributed by atoms with Crippen molar-refractivity contribution in [3.05, 3.63) is 70.8 Å². The molecule has 2 aromatic rings. The molecule has 0 saturated heterocycles. The van der Waals surface area contributed by atoms with Crippen LogP contribution in [0.15, 0.2) is 48.5 Å². The minimum atomic E-state index is -0.911. The first-order valence-electron chi connectivity index (χ1n) is 7.26. The van der Waals surface area contributed by atoms with Gasteiger partial charge in [-0.05, 0) is 0 Å². The van der Waals surface area contributed by atoms with E-state index < -0.39 is 5.97 Å². The summed E-state index contributed by atoms with van der Waals surface area (Å²) >= 11 is 0.283. The van der Waals surface area contributed by atoms with Crippen molar-refractivity contribution < 1.29 is 19.4 Å². The van der Waals surface area contributed by atoms with Crippen molar-refractivity contribution in [1.82, 2.24) is 0 Å². The van der Waals surface area contributed by atoms with Crippen LogP contribution in [0.3, 0.4) is 0 Å². The second-order valence-electron chi connectivity index (χ2n) is 5.12. The second-order valence-corrected chi connectivity index (χ2v) is 6.97. The Kier molecular flexibility index (Phi) is 7.30. The van der Waals surface area contributed by atoms with Gasteiger partial charge in [0, 0.05) is 0 Å². The van der Waals surface area contributed by atoms with Crippen molar-refractivity contribution in [2.75, 3.05) is 11.0 Å². The number of rotatable bonds is 9. The third-order valence-corrected chi connectivity index (χ3v) is 4.59. The fourth-order valence-corrected chi connectivity index (χ4v) is 2.89. The molecule has 0 atom stereocenters. The standard InChI is InChI=1S/C18H20O4Se/c1-14-2-4-15(5-3-14)10-21-12-23-13-22-11-16-6-8-17(9-7-16)18(19)20/h2-9H,10-13H2,1H3,(H,19,20). The Labute approximate surface area is 142 Å². The molecule has 0 fully saturated rings. The SMILES string of the molecule is Cc1ccc(COC[Se]COCc2ccc(C(=O)O)cc2)cc1. The van der Waals surface area contributed by atoms with E-state index in [1.165, 1.54) is 11.1 Å². The number of carboxylic acid groups (broad SMARTS) is 1. The van der Waals surface area contributed by atoms with E-state index in [0.717, 1.165) is 11.1 Å². The van der Waals surface area contributed by atoms with Crippen LogP contribution < -0.4 is 0 Å². The summed E-state index contributed by atoms with van der Waals surface area (Å²) in [5.74, 6) is -0.911. The van der Waals surface area contributed by atoms with Gasteiger partial charge in [-0.2, -0.15) is 0 Å². The van der Waals surface area contributed by atoms with Gasteiger partial charge < -0.3 is 0 Å². The molecule has 5 heteroatoms. The monoisotopic (exact) mass is 380 g/mol. The first-order chi connectivity index (χ1) is 11.1. The van der Waals surface area contributed by atoms with Gasteiger partial charge in [0.15, 0.2) is 0 Å². The zero-order chi connectivity index (χ0) is 16.5. The van der Waals surface area contributed by atoms with Gasteiger partial charge in [0.05, 0.1) is 0 Å². The maximum atomic E-state index is 10.7. The molecule has 0 heterocycles. The van der Waals surface area contributed by atoms with Gasteiger partial charge in [-0.25, -0.2) is 0 Å². The third kappa shape index (κ3) is 6.55. The molecule has 2 aromatic carbocycles. The van der Waals surface area contributed by atoms with Crippen molar-refractivity contribution in [1.29, 1.82) is 0 Å². The number of hydrogen-bond donors (Lipinski definition) is 1. The molecule has 0 spiro atoms. The Morgan fingerprint density at radius 3 is 1.87 bits per heavy atom. The van der Waals surface area contributed by atoms with Crippen LogP contribution in [0.5, 0.6) is 0 Å². The maximum absolute atomic E-state index is 10.7. The number of benzene rings is 2. The van der Waals surface area contributed by atoms with Gasteiger partial charge in [-0.15, -0.1) is 0 Å². The zero-order valence-electron chi connectivity index (χ0n) is 13.0. The van der Waals surface area contributed by atoms with Crippen LogP contribution in [0, 0.1) is 6.92 Å². The second kappa shape index (κ2) is 9.48. The minimum absolute atomic E-state index is 0.283. The van der Waals surface area contributed by atoms with Crippen LogP contribution in [0.4, 0.5) is 0 Å². The van der Waals surface area contributed by atoms with Crippen LogP contribution in [-0.4, -0.2) is 37.0 Å². The van der Waals surface area contributed by atoms with E-state index in [2.05, 4.69) is 31.2 Å². The molecule has 0 aromatic heterocycles. The third-order valence-electron chi connectivity index (χ3n) is 3.19. The summed E-state index contributed by atoms with van der Waals surface area (Å²) in [6.07, 6.45) is 0. The quantitative estimate of drug-likeness (QED) is 0.538. The Morgan fingerprint density at radius 1 is 0.913 bits per heavy atom. The average Bonchev–Trinajstić information content (AvgIpc) is 2.56. The van der Waals surface area contributed by atoms with Crippen molar-refractivity contribution in [2.45, 2.75) is 20.1 Å². The fraction of sp³-hybridized carbons (Fsp3) is 0.278. The van der Waals surface area contributed by atoms with Gasteiger partial charge in [0.25, 0.3) is 0 Å². The molecule has 0 aliphatic rings. The van der Waals surface area contributed by atoms with Gasteiger partial charge in [0.2, 0.25) is 0 Å². The van der Waals surface area contributed by atoms with E-state index in [4.69, 9.17) is 14.6 Å². The van der Waals surface area contributed by atoms with Gasteiger partial charge in [-0.1, -0.05) is 0 Å². The molecule has 23 heavy (non-hydrogen) atoms. The molecule has 4 nitrogen and oxygen atoms in total. The van der Waals surface area contributed by atoms with Crippen molar-refractivity contribution >= 4 is 20.9 Å². The Bertz CT molecular complexity index is 608. The Hall–Kier alpha value is -1.65. The molecule has 1 N–H and O–H groups in total. The summed E-state index contributed by atoms with van der Waals surface area (Å²) in [6.45, 7) is 3.21. The number of aromatic carboxylic acids is 1. The van der Waals surface area contributed by atoms with Crippen molar-refractivity contribution in [3.8, 4) is 0 Å². The molecule has 2 rings (SSSR count). The van der Waals surface area contributed by atoms with E-state index in [9.17, 15) is 4.79 Å². The molecule has 0 radical (unpaired) electrons. The summed E-state index contributed by atoms with van der Waals surface area (Å²) < 4.78 is 11.2. The number of hydrogen-bond acceptors (Lipinski definition) is 3. The summed E-state index contributed by atoms with van der Waals surface area (Å²) in [7, 11) is 0. The molecule has 122 valence electrons. The summed E-state index contributed by atoms with van der Waals surface area (Å²) in [5.41, 5.74) is 5.11. The summed E-state index contributed by atoms with van der Waals surface area (Å²) in [4.78, 5) is 10.7. The van der Waals surface area contributed by atoms with Crippen molar-refractivity contribution in [3.63, 3.8) is 0 Å². The first-order valence-corrected chi connectivity index (χ1v) is 9.68. The van der Waals surface area contributed by atoms with Crippen LogP contribution in [0.25, 0.3) is 0 Å². The van der Waals surface area contributed by atoms with E-state index in [1.807, 2.05) is 0 Å². The number of carboxylic acids is 1. The summed E-state index contributed by atoms with van der Waals surface area (Å²) in [6, 6.07) is 15.1. The van der Waals surface area contributed by atoms with E-state index in [-0.39, 0.29) is 15.0 Å². The van der Waals surface area contributed by atoms with Gasteiger partial charge in [-0.3, -0.25) is 0 Å². The van der Waals surface area contributed by atoms with E-state index in [0.29, 0.717) is 24.3 Å². The van der Waals surface area contributed by atoms with Crippen LogP contribution in [-0.2, 0) is 22.7 Å². The summed E-state index contributed by atoms with van der Waals surface area (Å²) in [5, 5.41) is 8.83. The van der Waals surface area contributed by atoms with Crippen LogP contribution >= 0.6 is 0 Å². The molecule has 0 unspecified atom stereocenters. The molecular formula is C18H20O4Se. The normalized spacial score (nSPS) is 10.7. The molecule has 0 bridgehead atoms. The Morgan fingerprint density at radius 2 is 1.39 bits per heavy atom. The van der Waals surface area contributed by atoms with Gasteiger partial charge in [0.1, 0.15) is 0 Å². The molecule has 0 saturated carbocycles. The predicted octanol–water partition coefficient (Wildman–Crippen LogP) is 3.05. The fourth-order valence-electron chi connectivity index (χ4n) is 1.90.